The van der Waals surface area contributed by atoms with E-state index in [1.165, 1.54) is 0 Å². The van der Waals surface area contributed by atoms with Crippen LogP contribution in [-0.2, 0) is 0 Å². The van der Waals surface area contributed by atoms with Gasteiger partial charge in [0.1, 0.15) is 0 Å². The average molecular weight is 189 g/mol. The van der Waals surface area contributed by atoms with Crippen LogP contribution in [0.1, 0.15) is 39.0 Å². The number of aliphatic hydroxyl groups excluding tert-OH is 1. The van der Waals surface area contributed by atoms with Crippen LogP contribution >= 0.6 is 11.6 Å². The molecule has 70 valence electrons. The topological polar surface area (TPSA) is 20.2 Å². The molecule has 1 atom stereocenters. The molecule has 0 fully saturated rings. The SMILES string of the molecule is CCCC(Cl)CCC#CCCO. The van der Waals surface area contributed by atoms with Gasteiger partial charge in [-0.05, 0) is 12.8 Å². The van der Waals surface area contributed by atoms with E-state index in [0.717, 1.165) is 25.7 Å². The maximum Gasteiger partial charge on any atom is 0.0540 e. The van der Waals surface area contributed by atoms with Gasteiger partial charge in [0.15, 0.2) is 0 Å². The first-order chi connectivity index (χ1) is 5.81. The van der Waals surface area contributed by atoms with Crippen molar-refractivity contribution in [2.45, 2.75) is 44.4 Å². The summed E-state index contributed by atoms with van der Waals surface area (Å²) in [5, 5.41) is 8.71. The maximum atomic E-state index is 8.43. The van der Waals surface area contributed by atoms with Crippen LogP contribution in [0.15, 0.2) is 0 Å². The van der Waals surface area contributed by atoms with E-state index in [9.17, 15) is 0 Å². The van der Waals surface area contributed by atoms with Gasteiger partial charge in [-0.15, -0.1) is 23.4 Å². The Kier molecular flexibility index (Phi) is 8.76. The highest BCUT2D eigenvalue weighted by molar-refractivity contribution is 6.20. The normalized spacial score (nSPS) is 11.9. The molecule has 0 aliphatic carbocycles. The molecule has 1 N–H and O–H groups in total. The third kappa shape index (κ3) is 7.91. The molecule has 0 aromatic carbocycles. The minimum atomic E-state index is 0.159. The summed E-state index contributed by atoms with van der Waals surface area (Å²) in [6, 6.07) is 0. The van der Waals surface area contributed by atoms with Crippen LogP contribution < -0.4 is 0 Å². The fraction of sp³-hybridized carbons (Fsp3) is 0.800. The smallest absolute Gasteiger partial charge is 0.0540 e. The van der Waals surface area contributed by atoms with Gasteiger partial charge in [0.05, 0.1) is 6.61 Å². The third-order valence-corrected chi connectivity index (χ3v) is 1.98. The fourth-order valence-electron chi connectivity index (χ4n) is 0.919. The molecule has 0 saturated carbocycles. The molecular weight excluding hydrogens is 172 g/mol. The van der Waals surface area contributed by atoms with Gasteiger partial charge in [0, 0.05) is 18.2 Å². The highest BCUT2D eigenvalue weighted by atomic mass is 35.5. The Hall–Kier alpha value is -0.190. The zero-order valence-electron chi connectivity index (χ0n) is 7.65. The Bertz CT molecular complexity index is 146. The van der Waals surface area contributed by atoms with Crippen molar-refractivity contribution in [3.8, 4) is 11.8 Å². The molecule has 0 heterocycles. The molecule has 1 nitrogen and oxygen atoms in total. The molecule has 0 saturated heterocycles. The Morgan fingerprint density at radius 3 is 2.50 bits per heavy atom. The van der Waals surface area contributed by atoms with E-state index in [2.05, 4.69) is 18.8 Å². The summed E-state index contributed by atoms with van der Waals surface area (Å²) in [6.07, 6.45) is 4.62. The summed E-state index contributed by atoms with van der Waals surface area (Å²) in [6.45, 7) is 2.29. The van der Waals surface area contributed by atoms with E-state index < -0.39 is 0 Å². The quantitative estimate of drug-likeness (QED) is 0.520. The zero-order chi connectivity index (χ0) is 9.23. The third-order valence-electron chi connectivity index (χ3n) is 1.55. The molecule has 0 spiro atoms. The van der Waals surface area contributed by atoms with Crippen LogP contribution in [-0.4, -0.2) is 17.1 Å². The van der Waals surface area contributed by atoms with Gasteiger partial charge in [0.2, 0.25) is 0 Å². The van der Waals surface area contributed by atoms with Crippen molar-refractivity contribution in [1.29, 1.82) is 0 Å². The molecular formula is C10H17ClO. The molecule has 0 aliphatic heterocycles. The summed E-state index contributed by atoms with van der Waals surface area (Å²) >= 11 is 5.98. The number of aliphatic hydroxyl groups is 1. The van der Waals surface area contributed by atoms with E-state index in [1.54, 1.807) is 0 Å². The Morgan fingerprint density at radius 2 is 1.92 bits per heavy atom. The molecule has 0 rings (SSSR count). The molecule has 1 unspecified atom stereocenters. The summed E-state index contributed by atoms with van der Waals surface area (Å²) < 4.78 is 0. The van der Waals surface area contributed by atoms with E-state index in [0.29, 0.717) is 6.42 Å². The molecule has 0 aromatic rings. The van der Waals surface area contributed by atoms with Crippen molar-refractivity contribution < 1.29 is 5.11 Å². The van der Waals surface area contributed by atoms with E-state index in [4.69, 9.17) is 16.7 Å². The van der Waals surface area contributed by atoms with Gasteiger partial charge in [-0.1, -0.05) is 13.3 Å². The largest absolute Gasteiger partial charge is 0.395 e. The van der Waals surface area contributed by atoms with E-state index in [-0.39, 0.29) is 12.0 Å². The first kappa shape index (κ1) is 11.8. The van der Waals surface area contributed by atoms with Gasteiger partial charge in [-0.2, -0.15) is 0 Å². The Labute approximate surface area is 80.1 Å². The van der Waals surface area contributed by atoms with Gasteiger partial charge >= 0.3 is 0 Å². The summed E-state index contributed by atoms with van der Waals surface area (Å²) in [5.74, 6) is 5.86. The molecule has 0 amide bonds. The predicted molar refractivity (Wildman–Crippen MR) is 53.3 cm³/mol. The molecule has 2 heteroatoms. The lowest BCUT2D eigenvalue weighted by molar-refractivity contribution is 0.305. The monoisotopic (exact) mass is 188 g/mol. The number of hydrogen-bond donors (Lipinski definition) is 1. The molecule has 0 aliphatic rings. The van der Waals surface area contributed by atoms with E-state index in [1.807, 2.05) is 0 Å². The van der Waals surface area contributed by atoms with Crippen molar-refractivity contribution in [2.75, 3.05) is 6.61 Å². The number of halogens is 1. The Balaban J connectivity index is 3.25. The first-order valence-electron chi connectivity index (χ1n) is 4.52. The molecule has 0 bridgehead atoms. The van der Waals surface area contributed by atoms with Crippen molar-refractivity contribution in [2.24, 2.45) is 0 Å². The van der Waals surface area contributed by atoms with Crippen LogP contribution in [0.5, 0.6) is 0 Å². The second-order valence-electron chi connectivity index (χ2n) is 2.75. The zero-order valence-corrected chi connectivity index (χ0v) is 8.40. The van der Waals surface area contributed by atoms with Crippen LogP contribution in [0.2, 0.25) is 0 Å². The first-order valence-corrected chi connectivity index (χ1v) is 4.95. The van der Waals surface area contributed by atoms with Gasteiger partial charge in [0.25, 0.3) is 0 Å². The van der Waals surface area contributed by atoms with Crippen molar-refractivity contribution in [1.82, 2.24) is 0 Å². The van der Waals surface area contributed by atoms with Crippen LogP contribution in [0.4, 0.5) is 0 Å². The lowest BCUT2D eigenvalue weighted by Crippen LogP contribution is -1.95. The van der Waals surface area contributed by atoms with Gasteiger partial charge in [-0.25, -0.2) is 0 Å². The summed E-state index contributed by atoms with van der Waals surface area (Å²) in [5.41, 5.74) is 0. The average Bonchev–Trinajstić information content (AvgIpc) is 2.05. The predicted octanol–water partition coefficient (Wildman–Crippen LogP) is 2.56. The lowest BCUT2D eigenvalue weighted by Gasteiger charge is -2.03. The van der Waals surface area contributed by atoms with Gasteiger partial charge in [-0.3, -0.25) is 0 Å². The number of rotatable bonds is 5. The highest BCUT2D eigenvalue weighted by Crippen LogP contribution is 2.10. The Morgan fingerprint density at radius 1 is 1.25 bits per heavy atom. The number of alkyl halides is 1. The summed E-state index contributed by atoms with van der Waals surface area (Å²) in [7, 11) is 0. The second kappa shape index (κ2) is 8.90. The summed E-state index contributed by atoms with van der Waals surface area (Å²) in [4.78, 5) is 0. The second-order valence-corrected chi connectivity index (χ2v) is 3.37. The van der Waals surface area contributed by atoms with Crippen LogP contribution in [0.25, 0.3) is 0 Å². The number of hydrogen-bond acceptors (Lipinski definition) is 1. The lowest BCUT2D eigenvalue weighted by atomic mass is 10.1. The standard InChI is InChI=1S/C10H17ClO/c1-2-7-10(11)8-5-3-4-6-9-12/h10,12H,2,5-9H2,1H3. The highest BCUT2D eigenvalue weighted by Gasteiger charge is 1.99. The molecule has 0 aromatic heterocycles. The molecule has 0 radical (unpaired) electrons. The minimum Gasteiger partial charge on any atom is -0.395 e. The van der Waals surface area contributed by atoms with Crippen molar-refractivity contribution >= 4 is 11.6 Å². The van der Waals surface area contributed by atoms with Crippen molar-refractivity contribution in [3.63, 3.8) is 0 Å². The fourth-order valence-corrected chi connectivity index (χ4v) is 1.25. The van der Waals surface area contributed by atoms with Gasteiger partial charge < -0.3 is 5.11 Å². The minimum absolute atomic E-state index is 0.159. The van der Waals surface area contributed by atoms with E-state index >= 15 is 0 Å². The van der Waals surface area contributed by atoms with Crippen LogP contribution in [0, 0.1) is 11.8 Å². The molecule has 12 heavy (non-hydrogen) atoms. The van der Waals surface area contributed by atoms with Crippen LogP contribution in [0.3, 0.4) is 0 Å². The van der Waals surface area contributed by atoms with Crippen molar-refractivity contribution in [3.05, 3.63) is 0 Å². The maximum absolute atomic E-state index is 8.43.